The Labute approximate surface area is 144 Å². The fourth-order valence-electron chi connectivity index (χ4n) is 2.31. The van der Waals surface area contributed by atoms with Crippen LogP contribution in [0.2, 0.25) is 0 Å². The van der Waals surface area contributed by atoms with Crippen molar-refractivity contribution >= 4 is 18.1 Å². The molecule has 3 rings (SSSR count). The highest BCUT2D eigenvalue weighted by molar-refractivity contribution is 7.71. The molecule has 0 aliphatic carbocycles. The number of rotatable bonds is 6. The molecule has 0 saturated carbocycles. The summed E-state index contributed by atoms with van der Waals surface area (Å²) in [5, 5.41) is 2.84. The van der Waals surface area contributed by atoms with Crippen LogP contribution in [0, 0.1) is 4.77 Å². The summed E-state index contributed by atoms with van der Waals surface area (Å²) in [5.41, 5.74) is 1.31. The second kappa shape index (κ2) is 7.61. The molecule has 5 nitrogen and oxygen atoms in total. The predicted molar refractivity (Wildman–Crippen MR) is 95.2 cm³/mol. The van der Waals surface area contributed by atoms with Crippen LogP contribution in [0.1, 0.15) is 10.5 Å². The molecule has 0 unspecified atom stereocenters. The van der Waals surface area contributed by atoms with Crippen LogP contribution in [-0.4, -0.2) is 28.6 Å². The van der Waals surface area contributed by atoms with Crippen LogP contribution in [-0.2, 0) is 0 Å². The van der Waals surface area contributed by atoms with E-state index in [0.29, 0.717) is 23.6 Å². The van der Waals surface area contributed by atoms with Gasteiger partial charge in [-0.25, -0.2) is 0 Å². The Kier molecular flexibility index (Phi) is 5.08. The fraction of sp³-hybridized carbons (Fsp3) is 0.111. The average molecular weight is 339 g/mol. The van der Waals surface area contributed by atoms with E-state index in [9.17, 15) is 4.79 Å². The van der Waals surface area contributed by atoms with Crippen LogP contribution < -0.4 is 10.1 Å². The number of nitrogens with zero attached hydrogens (tertiary/aromatic N) is 1. The van der Waals surface area contributed by atoms with Gasteiger partial charge >= 0.3 is 0 Å². The molecule has 0 atom stereocenters. The maximum Gasteiger partial charge on any atom is 0.269 e. The van der Waals surface area contributed by atoms with E-state index in [2.05, 4.69) is 10.3 Å². The van der Waals surface area contributed by atoms with Gasteiger partial charge in [0.25, 0.3) is 5.91 Å². The Bertz CT molecular complexity index is 857. The lowest BCUT2D eigenvalue weighted by atomic mass is 10.3. The molecule has 1 aromatic heterocycles. The Hall–Kier alpha value is -2.86. The molecule has 0 aliphatic heterocycles. The summed E-state index contributed by atoms with van der Waals surface area (Å²) in [7, 11) is 0. The number of aromatic amines is 1. The minimum Gasteiger partial charge on any atom is -0.492 e. The summed E-state index contributed by atoms with van der Waals surface area (Å²) >= 11 is 5.28. The molecule has 1 amide bonds. The molecule has 2 N–H and O–H groups in total. The number of hydrogen-bond acceptors (Lipinski definition) is 3. The molecular weight excluding hydrogens is 322 g/mol. The van der Waals surface area contributed by atoms with Crippen molar-refractivity contribution in [2.45, 2.75) is 0 Å². The molecule has 0 spiro atoms. The van der Waals surface area contributed by atoms with Crippen molar-refractivity contribution in [3.8, 4) is 11.4 Å². The Morgan fingerprint density at radius 2 is 1.75 bits per heavy atom. The monoisotopic (exact) mass is 339 g/mol. The number of para-hydroxylation sites is 2. The van der Waals surface area contributed by atoms with E-state index in [1.54, 1.807) is 10.8 Å². The summed E-state index contributed by atoms with van der Waals surface area (Å²) in [5.74, 6) is 0.573. The lowest BCUT2D eigenvalue weighted by Gasteiger charge is -2.10. The molecule has 122 valence electrons. The van der Waals surface area contributed by atoms with Gasteiger partial charge in [-0.2, -0.15) is 0 Å². The molecule has 3 aromatic rings. The van der Waals surface area contributed by atoms with Crippen LogP contribution in [0.4, 0.5) is 0 Å². The molecule has 0 radical (unpaired) electrons. The lowest BCUT2D eigenvalue weighted by Crippen LogP contribution is -2.29. The SMILES string of the molecule is O=C(NCCOc1ccccc1)c1c[nH]c(=S)n1-c1ccccc1. The summed E-state index contributed by atoms with van der Waals surface area (Å²) in [6.07, 6.45) is 1.61. The maximum atomic E-state index is 12.4. The zero-order chi connectivity index (χ0) is 16.8. The van der Waals surface area contributed by atoms with Crippen molar-refractivity contribution in [3.05, 3.63) is 77.3 Å². The van der Waals surface area contributed by atoms with Crippen LogP contribution in [0.3, 0.4) is 0 Å². The number of H-pyrrole nitrogens is 1. The minimum atomic E-state index is -0.206. The van der Waals surface area contributed by atoms with Gasteiger partial charge < -0.3 is 15.0 Å². The Morgan fingerprint density at radius 3 is 2.46 bits per heavy atom. The number of carbonyl (C=O) groups excluding carboxylic acids is 1. The first-order valence-corrected chi connectivity index (χ1v) is 7.98. The van der Waals surface area contributed by atoms with E-state index < -0.39 is 0 Å². The zero-order valence-corrected chi connectivity index (χ0v) is 13.8. The largest absolute Gasteiger partial charge is 0.492 e. The summed E-state index contributed by atoms with van der Waals surface area (Å²) in [6.45, 7) is 0.798. The van der Waals surface area contributed by atoms with Crippen molar-refractivity contribution < 1.29 is 9.53 Å². The van der Waals surface area contributed by atoms with E-state index in [-0.39, 0.29) is 5.91 Å². The van der Waals surface area contributed by atoms with Crippen LogP contribution in [0.15, 0.2) is 66.9 Å². The average Bonchev–Trinajstić information content (AvgIpc) is 3.02. The second-order valence-electron chi connectivity index (χ2n) is 5.07. The van der Waals surface area contributed by atoms with Gasteiger partial charge in [-0.15, -0.1) is 0 Å². The molecular formula is C18H17N3O2S. The standard InChI is InChI=1S/C18H17N3O2S/c22-17(19-11-12-23-15-9-5-2-6-10-15)16-13-20-18(24)21(16)14-7-3-1-4-8-14/h1-10,13H,11-12H2,(H,19,22)(H,20,24). The number of nitrogens with one attached hydrogen (secondary N) is 2. The van der Waals surface area contributed by atoms with Crippen molar-refractivity contribution in [2.75, 3.05) is 13.2 Å². The number of imidazole rings is 1. The van der Waals surface area contributed by atoms with Gasteiger partial charge in [-0.05, 0) is 36.5 Å². The number of amides is 1. The van der Waals surface area contributed by atoms with Gasteiger partial charge in [0.1, 0.15) is 18.1 Å². The van der Waals surface area contributed by atoms with Crippen LogP contribution in [0.25, 0.3) is 5.69 Å². The van der Waals surface area contributed by atoms with E-state index in [1.807, 2.05) is 60.7 Å². The molecule has 1 heterocycles. The number of carbonyl (C=O) groups is 1. The summed E-state index contributed by atoms with van der Waals surface area (Å²) in [4.78, 5) is 15.3. The van der Waals surface area contributed by atoms with Crippen LogP contribution >= 0.6 is 12.2 Å². The topological polar surface area (TPSA) is 59.0 Å². The summed E-state index contributed by atoms with van der Waals surface area (Å²) < 4.78 is 7.75. The van der Waals surface area contributed by atoms with Crippen LogP contribution in [0.5, 0.6) is 5.75 Å². The first kappa shape index (κ1) is 16.0. The molecule has 0 bridgehead atoms. The minimum absolute atomic E-state index is 0.206. The predicted octanol–water partition coefficient (Wildman–Crippen LogP) is 3.34. The molecule has 24 heavy (non-hydrogen) atoms. The highest BCUT2D eigenvalue weighted by Crippen LogP contribution is 2.12. The van der Waals surface area contributed by atoms with Gasteiger partial charge in [-0.1, -0.05) is 36.4 Å². The highest BCUT2D eigenvalue weighted by Gasteiger charge is 2.13. The second-order valence-corrected chi connectivity index (χ2v) is 5.45. The molecule has 6 heteroatoms. The first-order valence-electron chi connectivity index (χ1n) is 7.57. The molecule has 0 saturated heterocycles. The van der Waals surface area contributed by atoms with E-state index in [4.69, 9.17) is 17.0 Å². The third-order valence-electron chi connectivity index (χ3n) is 3.42. The smallest absolute Gasteiger partial charge is 0.269 e. The van der Waals surface area contributed by atoms with Gasteiger partial charge in [0, 0.05) is 11.9 Å². The quantitative estimate of drug-likeness (QED) is 0.535. The number of aromatic nitrogens is 2. The van der Waals surface area contributed by atoms with Gasteiger partial charge in [-0.3, -0.25) is 9.36 Å². The van der Waals surface area contributed by atoms with E-state index >= 15 is 0 Å². The van der Waals surface area contributed by atoms with Crippen molar-refractivity contribution in [3.63, 3.8) is 0 Å². The van der Waals surface area contributed by atoms with Gasteiger partial charge in [0.2, 0.25) is 0 Å². The van der Waals surface area contributed by atoms with Gasteiger partial charge in [0.15, 0.2) is 4.77 Å². The normalized spacial score (nSPS) is 10.3. The zero-order valence-electron chi connectivity index (χ0n) is 12.9. The number of hydrogen-bond donors (Lipinski definition) is 2. The van der Waals surface area contributed by atoms with Crippen molar-refractivity contribution in [2.24, 2.45) is 0 Å². The number of ether oxygens (including phenoxy) is 1. The van der Waals surface area contributed by atoms with Crippen molar-refractivity contribution in [1.82, 2.24) is 14.9 Å². The summed E-state index contributed by atoms with van der Waals surface area (Å²) in [6, 6.07) is 19.0. The third kappa shape index (κ3) is 3.72. The third-order valence-corrected chi connectivity index (χ3v) is 3.72. The Balaban J connectivity index is 1.63. The fourth-order valence-corrected chi connectivity index (χ4v) is 2.57. The van der Waals surface area contributed by atoms with Gasteiger partial charge in [0.05, 0.1) is 6.54 Å². The number of benzene rings is 2. The Morgan fingerprint density at radius 1 is 1.08 bits per heavy atom. The lowest BCUT2D eigenvalue weighted by molar-refractivity contribution is 0.0940. The maximum absolute atomic E-state index is 12.4. The molecule has 0 aliphatic rings. The van der Waals surface area contributed by atoms with Crippen molar-refractivity contribution in [1.29, 1.82) is 0 Å². The first-order chi connectivity index (χ1) is 11.8. The molecule has 2 aromatic carbocycles. The van der Waals surface area contributed by atoms with E-state index in [1.165, 1.54) is 0 Å². The highest BCUT2D eigenvalue weighted by atomic mass is 32.1. The van der Waals surface area contributed by atoms with E-state index in [0.717, 1.165) is 11.4 Å². The molecule has 0 fully saturated rings.